The molecule has 2 heterocycles. The predicted molar refractivity (Wildman–Crippen MR) is 51.0 cm³/mol. The summed E-state index contributed by atoms with van der Waals surface area (Å²) in [5.41, 5.74) is -0.652. The van der Waals surface area contributed by atoms with Crippen molar-refractivity contribution in [1.82, 2.24) is 5.32 Å². The highest BCUT2D eigenvalue weighted by molar-refractivity contribution is 5.84. The summed E-state index contributed by atoms with van der Waals surface area (Å²) in [7, 11) is 1.37. The zero-order valence-corrected chi connectivity index (χ0v) is 8.75. The minimum Gasteiger partial charge on any atom is -0.468 e. The molecule has 0 saturated carbocycles. The molecule has 0 aromatic heterocycles. The van der Waals surface area contributed by atoms with Gasteiger partial charge in [-0.2, -0.15) is 0 Å². The number of hydrogen-bond donors (Lipinski definition) is 1. The molecule has 2 atom stereocenters. The molecule has 2 aliphatic heterocycles. The van der Waals surface area contributed by atoms with Gasteiger partial charge in [0, 0.05) is 19.1 Å². The minimum absolute atomic E-state index is 0.0152. The molecule has 0 spiro atoms. The lowest BCUT2D eigenvalue weighted by molar-refractivity contribution is -0.169. The maximum absolute atomic E-state index is 11.8. The molecular formula is C10H15NO4. The first-order valence-corrected chi connectivity index (χ1v) is 5.14. The van der Waals surface area contributed by atoms with Crippen LogP contribution in [0.5, 0.6) is 0 Å². The Kier molecular flexibility index (Phi) is 2.65. The lowest BCUT2D eigenvalue weighted by atomic mass is 9.72. The Morgan fingerprint density at radius 3 is 3.20 bits per heavy atom. The second-order valence-electron chi connectivity index (χ2n) is 4.11. The smallest absolute Gasteiger partial charge is 0.316 e. The van der Waals surface area contributed by atoms with E-state index < -0.39 is 5.41 Å². The number of nitrogens with one attached hydrogen (secondary N) is 1. The fourth-order valence-electron chi connectivity index (χ4n) is 2.40. The number of carbonyl (C=O) groups excluding carboxylic acids is 2. The van der Waals surface area contributed by atoms with Crippen LogP contribution >= 0.6 is 0 Å². The Labute approximate surface area is 88.1 Å². The molecular weight excluding hydrogens is 198 g/mol. The van der Waals surface area contributed by atoms with E-state index in [0.717, 1.165) is 0 Å². The van der Waals surface area contributed by atoms with Crippen molar-refractivity contribution in [2.24, 2.45) is 5.41 Å². The average molecular weight is 213 g/mol. The number of piperidine rings is 1. The van der Waals surface area contributed by atoms with Gasteiger partial charge >= 0.3 is 5.97 Å². The van der Waals surface area contributed by atoms with Gasteiger partial charge in [0.2, 0.25) is 5.91 Å². The van der Waals surface area contributed by atoms with Crippen LogP contribution in [0.3, 0.4) is 0 Å². The van der Waals surface area contributed by atoms with E-state index in [-0.39, 0.29) is 17.9 Å². The maximum atomic E-state index is 11.8. The molecule has 0 radical (unpaired) electrons. The van der Waals surface area contributed by atoms with Crippen LogP contribution in [0.15, 0.2) is 0 Å². The molecule has 15 heavy (non-hydrogen) atoms. The van der Waals surface area contributed by atoms with Gasteiger partial charge in [-0.25, -0.2) is 0 Å². The molecule has 2 aliphatic rings. The van der Waals surface area contributed by atoms with Crippen molar-refractivity contribution < 1.29 is 19.1 Å². The highest BCUT2D eigenvalue weighted by atomic mass is 16.5. The SMILES string of the molecule is COC(=O)C12CCC(=O)NC1CCOC2. The predicted octanol–water partition coefficient (Wildman–Crippen LogP) is -0.155. The van der Waals surface area contributed by atoms with Crippen molar-refractivity contribution >= 4 is 11.9 Å². The Morgan fingerprint density at radius 2 is 2.47 bits per heavy atom. The van der Waals surface area contributed by atoms with E-state index in [1.807, 2.05) is 0 Å². The molecule has 2 saturated heterocycles. The van der Waals surface area contributed by atoms with E-state index in [2.05, 4.69) is 5.32 Å². The lowest BCUT2D eigenvalue weighted by Gasteiger charge is -2.44. The number of esters is 1. The number of amides is 1. The number of carbonyl (C=O) groups is 2. The summed E-state index contributed by atoms with van der Waals surface area (Å²) < 4.78 is 10.2. The first-order chi connectivity index (χ1) is 7.19. The summed E-state index contributed by atoms with van der Waals surface area (Å²) >= 11 is 0. The number of fused-ring (bicyclic) bond motifs is 1. The van der Waals surface area contributed by atoms with Gasteiger partial charge in [-0.3, -0.25) is 9.59 Å². The summed E-state index contributed by atoms with van der Waals surface area (Å²) in [5, 5.41) is 2.85. The molecule has 0 aromatic carbocycles. The van der Waals surface area contributed by atoms with E-state index in [4.69, 9.17) is 9.47 Å². The van der Waals surface area contributed by atoms with Crippen LogP contribution in [-0.2, 0) is 19.1 Å². The molecule has 2 fully saturated rings. The largest absolute Gasteiger partial charge is 0.468 e. The fraction of sp³-hybridized carbons (Fsp3) is 0.800. The van der Waals surface area contributed by atoms with Crippen molar-refractivity contribution in [2.45, 2.75) is 25.3 Å². The molecule has 5 heteroatoms. The molecule has 2 rings (SSSR count). The molecule has 1 N–H and O–H groups in total. The monoisotopic (exact) mass is 213 g/mol. The van der Waals surface area contributed by atoms with Gasteiger partial charge < -0.3 is 14.8 Å². The van der Waals surface area contributed by atoms with E-state index in [1.165, 1.54) is 7.11 Å². The highest BCUT2D eigenvalue weighted by Crippen LogP contribution is 2.37. The highest BCUT2D eigenvalue weighted by Gasteiger charge is 2.51. The lowest BCUT2D eigenvalue weighted by Crippen LogP contribution is -2.61. The first kappa shape index (κ1) is 10.4. The van der Waals surface area contributed by atoms with Gasteiger partial charge in [-0.05, 0) is 12.8 Å². The average Bonchev–Trinajstić information content (AvgIpc) is 2.28. The van der Waals surface area contributed by atoms with Gasteiger partial charge in [-0.1, -0.05) is 0 Å². The van der Waals surface area contributed by atoms with Gasteiger partial charge in [0.1, 0.15) is 5.41 Å². The van der Waals surface area contributed by atoms with Gasteiger partial charge in [0.15, 0.2) is 0 Å². The van der Waals surface area contributed by atoms with Crippen LogP contribution in [0.4, 0.5) is 0 Å². The van der Waals surface area contributed by atoms with Gasteiger partial charge in [0.25, 0.3) is 0 Å². The van der Waals surface area contributed by atoms with Crippen molar-refractivity contribution in [3.05, 3.63) is 0 Å². The molecule has 84 valence electrons. The van der Waals surface area contributed by atoms with Crippen molar-refractivity contribution in [2.75, 3.05) is 20.3 Å². The van der Waals surface area contributed by atoms with Crippen molar-refractivity contribution in [3.63, 3.8) is 0 Å². The van der Waals surface area contributed by atoms with Gasteiger partial charge in [0.05, 0.1) is 13.7 Å². The summed E-state index contributed by atoms with van der Waals surface area (Å²) in [4.78, 5) is 23.0. The van der Waals surface area contributed by atoms with Crippen LogP contribution in [0, 0.1) is 5.41 Å². The van der Waals surface area contributed by atoms with Crippen LogP contribution < -0.4 is 5.32 Å². The quantitative estimate of drug-likeness (QED) is 0.615. The minimum atomic E-state index is -0.652. The zero-order chi connectivity index (χ0) is 10.9. The summed E-state index contributed by atoms with van der Waals surface area (Å²) in [6.45, 7) is 0.939. The Hall–Kier alpha value is -1.10. The summed E-state index contributed by atoms with van der Waals surface area (Å²) in [6.07, 6.45) is 1.58. The molecule has 2 unspecified atom stereocenters. The maximum Gasteiger partial charge on any atom is 0.316 e. The summed E-state index contributed by atoms with van der Waals surface area (Å²) in [6, 6.07) is -0.125. The summed E-state index contributed by atoms with van der Waals surface area (Å²) in [5.74, 6) is -0.256. The number of rotatable bonds is 1. The van der Waals surface area contributed by atoms with Crippen LogP contribution in [-0.4, -0.2) is 38.2 Å². The van der Waals surface area contributed by atoms with E-state index >= 15 is 0 Å². The second-order valence-corrected chi connectivity index (χ2v) is 4.11. The standard InChI is InChI=1S/C10H15NO4/c1-14-9(13)10-4-2-8(12)11-7(10)3-5-15-6-10/h7H,2-6H2,1H3,(H,11,12). The topological polar surface area (TPSA) is 64.6 Å². The molecule has 0 aromatic rings. The third-order valence-electron chi connectivity index (χ3n) is 3.30. The van der Waals surface area contributed by atoms with Crippen LogP contribution in [0.1, 0.15) is 19.3 Å². The normalized spacial score (nSPS) is 35.3. The number of methoxy groups -OCH3 is 1. The van der Waals surface area contributed by atoms with Crippen LogP contribution in [0.25, 0.3) is 0 Å². The van der Waals surface area contributed by atoms with E-state index in [9.17, 15) is 9.59 Å². The first-order valence-electron chi connectivity index (χ1n) is 5.14. The fourth-order valence-corrected chi connectivity index (χ4v) is 2.40. The third-order valence-corrected chi connectivity index (χ3v) is 3.30. The van der Waals surface area contributed by atoms with Crippen LogP contribution in [0.2, 0.25) is 0 Å². The Balaban J connectivity index is 2.23. The molecule has 0 bridgehead atoms. The van der Waals surface area contributed by atoms with Gasteiger partial charge in [-0.15, -0.1) is 0 Å². The zero-order valence-electron chi connectivity index (χ0n) is 8.75. The number of ether oxygens (including phenoxy) is 2. The Bertz CT molecular complexity index is 291. The van der Waals surface area contributed by atoms with Crippen molar-refractivity contribution in [3.8, 4) is 0 Å². The number of hydrogen-bond acceptors (Lipinski definition) is 4. The van der Waals surface area contributed by atoms with Crippen molar-refractivity contribution in [1.29, 1.82) is 0 Å². The Morgan fingerprint density at radius 1 is 1.67 bits per heavy atom. The van der Waals surface area contributed by atoms with E-state index in [1.54, 1.807) is 0 Å². The molecule has 1 amide bonds. The molecule has 5 nitrogen and oxygen atoms in total. The second kappa shape index (κ2) is 3.81. The van der Waals surface area contributed by atoms with E-state index in [0.29, 0.717) is 32.5 Å². The molecule has 0 aliphatic carbocycles. The third kappa shape index (κ3) is 1.61.